The zero-order chi connectivity index (χ0) is 14.9. The summed E-state index contributed by atoms with van der Waals surface area (Å²) in [6.45, 7) is 4.65. The summed E-state index contributed by atoms with van der Waals surface area (Å²) in [5.41, 5.74) is 1.55. The standard InChI is InChI=1S/C15H22N3O2/c1-6-11-13(15(19)17(3)7-2)18(4)10-8-9-12(20-5)14(18)16-11/h8-10H,6-7H2,1-5H3/q+1. The van der Waals surface area contributed by atoms with Gasteiger partial charge in [-0.1, -0.05) is 6.92 Å². The number of allylic oxidation sites excluding steroid dienone is 3. The lowest BCUT2D eigenvalue weighted by molar-refractivity contribution is -0.716. The number of rotatable bonds is 4. The molecule has 0 aromatic heterocycles. The SMILES string of the molecule is CCC1=C(C(=O)N(C)CC)[N+]2(C)C=CC=C(OC)C2=N1. The van der Waals surface area contributed by atoms with Crippen LogP contribution >= 0.6 is 0 Å². The van der Waals surface area contributed by atoms with E-state index in [4.69, 9.17) is 4.74 Å². The molecule has 0 spiro atoms. The first-order valence-corrected chi connectivity index (χ1v) is 6.88. The Hall–Kier alpha value is -1.88. The van der Waals surface area contributed by atoms with Crippen molar-refractivity contribution < 1.29 is 14.0 Å². The molecule has 0 saturated heterocycles. The monoisotopic (exact) mass is 276 g/mol. The van der Waals surface area contributed by atoms with E-state index in [2.05, 4.69) is 4.99 Å². The Bertz CT molecular complexity index is 557. The molecule has 108 valence electrons. The largest absolute Gasteiger partial charge is 0.490 e. The van der Waals surface area contributed by atoms with Crippen LogP contribution in [0.3, 0.4) is 0 Å². The molecule has 0 aliphatic carbocycles. The molecule has 1 amide bonds. The highest BCUT2D eigenvalue weighted by Crippen LogP contribution is 2.36. The van der Waals surface area contributed by atoms with E-state index < -0.39 is 0 Å². The molecule has 0 radical (unpaired) electrons. The van der Waals surface area contributed by atoms with E-state index in [-0.39, 0.29) is 10.4 Å². The molecule has 20 heavy (non-hydrogen) atoms. The first kappa shape index (κ1) is 14.5. The zero-order valence-electron chi connectivity index (χ0n) is 12.8. The van der Waals surface area contributed by atoms with Gasteiger partial charge in [-0.3, -0.25) is 4.79 Å². The number of carbonyl (C=O) groups excluding carboxylic acids is 1. The van der Waals surface area contributed by atoms with Gasteiger partial charge in [0.05, 0.1) is 14.2 Å². The molecule has 1 atom stereocenters. The summed E-state index contributed by atoms with van der Waals surface area (Å²) in [6.07, 6.45) is 6.49. The van der Waals surface area contributed by atoms with Gasteiger partial charge < -0.3 is 9.64 Å². The maximum Gasteiger partial charge on any atom is 0.310 e. The Morgan fingerprint density at radius 1 is 1.45 bits per heavy atom. The molecule has 5 heteroatoms. The molecule has 5 nitrogen and oxygen atoms in total. The minimum Gasteiger partial charge on any atom is -0.490 e. The van der Waals surface area contributed by atoms with Crippen molar-refractivity contribution in [1.29, 1.82) is 0 Å². The van der Waals surface area contributed by atoms with Gasteiger partial charge in [-0.25, -0.2) is 4.48 Å². The Labute approximate surface area is 120 Å². The third-order valence-electron chi connectivity index (χ3n) is 3.85. The van der Waals surface area contributed by atoms with Crippen molar-refractivity contribution in [1.82, 2.24) is 4.90 Å². The van der Waals surface area contributed by atoms with E-state index in [1.807, 2.05) is 46.3 Å². The van der Waals surface area contributed by atoms with E-state index in [1.165, 1.54) is 0 Å². The third-order valence-corrected chi connectivity index (χ3v) is 3.85. The Morgan fingerprint density at radius 2 is 2.15 bits per heavy atom. The number of ether oxygens (including phenoxy) is 1. The zero-order valence-corrected chi connectivity index (χ0v) is 12.8. The minimum absolute atomic E-state index is 0.0209. The van der Waals surface area contributed by atoms with Crippen LogP contribution < -0.4 is 0 Å². The summed E-state index contributed by atoms with van der Waals surface area (Å²) < 4.78 is 5.67. The molecule has 0 N–H and O–H groups in total. The van der Waals surface area contributed by atoms with Gasteiger partial charge in [-0.2, -0.15) is 4.99 Å². The highest BCUT2D eigenvalue weighted by Gasteiger charge is 2.48. The molecule has 2 aliphatic rings. The number of aliphatic imine (C=N–C) groups is 1. The number of carbonyl (C=O) groups is 1. The highest BCUT2D eigenvalue weighted by molar-refractivity contribution is 6.02. The predicted molar refractivity (Wildman–Crippen MR) is 78.5 cm³/mol. The molecular formula is C15H22N3O2+. The summed E-state index contributed by atoms with van der Waals surface area (Å²) in [7, 11) is 5.41. The minimum atomic E-state index is 0.0209. The van der Waals surface area contributed by atoms with Crippen LogP contribution in [0.25, 0.3) is 0 Å². The molecule has 2 heterocycles. The summed E-state index contributed by atoms with van der Waals surface area (Å²) in [6, 6.07) is 0. The lowest BCUT2D eigenvalue weighted by atomic mass is 10.2. The molecule has 2 aliphatic heterocycles. The fraction of sp³-hybridized carbons (Fsp3) is 0.467. The van der Waals surface area contributed by atoms with Crippen LogP contribution in [0.1, 0.15) is 20.3 Å². The normalized spacial score (nSPS) is 24.2. The number of amides is 1. The highest BCUT2D eigenvalue weighted by atomic mass is 16.5. The van der Waals surface area contributed by atoms with Gasteiger partial charge in [0.1, 0.15) is 11.9 Å². The smallest absolute Gasteiger partial charge is 0.310 e. The summed E-state index contributed by atoms with van der Waals surface area (Å²) >= 11 is 0. The summed E-state index contributed by atoms with van der Waals surface area (Å²) in [5, 5.41) is 0. The molecule has 2 rings (SSSR count). The van der Waals surface area contributed by atoms with E-state index >= 15 is 0 Å². The molecular weight excluding hydrogens is 254 g/mol. The first-order chi connectivity index (χ1) is 9.49. The third kappa shape index (κ3) is 1.98. The van der Waals surface area contributed by atoms with Crippen molar-refractivity contribution in [3.05, 3.63) is 35.5 Å². The number of methoxy groups -OCH3 is 1. The van der Waals surface area contributed by atoms with Gasteiger partial charge in [-0.15, -0.1) is 0 Å². The second-order valence-corrected chi connectivity index (χ2v) is 5.06. The van der Waals surface area contributed by atoms with Crippen LogP contribution in [-0.2, 0) is 9.53 Å². The van der Waals surface area contributed by atoms with Gasteiger partial charge in [0, 0.05) is 13.6 Å². The second kappa shape index (κ2) is 5.25. The van der Waals surface area contributed by atoms with Crippen molar-refractivity contribution in [2.24, 2.45) is 4.99 Å². The van der Waals surface area contributed by atoms with Crippen LogP contribution in [0.2, 0.25) is 0 Å². The average Bonchev–Trinajstić information content (AvgIpc) is 2.77. The van der Waals surface area contributed by atoms with Crippen molar-refractivity contribution in [3.63, 3.8) is 0 Å². The lowest BCUT2D eigenvalue weighted by Crippen LogP contribution is -2.48. The lowest BCUT2D eigenvalue weighted by Gasteiger charge is -2.31. The first-order valence-electron chi connectivity index (χ1n) is 6.88. The fourth-order valence-corrected chi connectivity index (χ4v) is 2.52. The second-order valence-electron chi connectivity index (χ2n) is 5.06. The predicted octanol–water partition coefficient (Wildman–Crippen LogP) is 2.00. The van der Waals surface area contributed by atoms with Crippen LogP contribution in [0.5, 0.6) is 0 Å². The number of amidine groups is 1. The van der Waals surface area contributed by atoms with Gasteiger partial charge in [0.25, 0.3) is 5.84 Å². The van der Waals surface area contributed by atoms with Crippen molar-refractivity contribution in [2.75, 3.05) is 27.7 Å². The number of fused-ring (bicyclic) bond motifs is 1. The van der Waals surface area contributed by atoms with Gasteiger partial charge in [-0.05, 0) is 25.5 Å². The molecule has 1 unspecified atom stereocenters. The van der Waals surface area contributed by atoms with Crippen molar-refractivity contribution in [2.45, 2.75) is 20.3 Å². The molecule has 0 saturated carbocycles. The maximum absolute atomic E-state index is 12.7. The number of quaternary nitrogens is 1. The van der Waals surface area contributed by atoms with Crippen LogP contribution in [-0.4, -0.2) is 48.9 Å². The topological polar surface area (TPSA) is 41.9 Å². The quantitative estimate of drug-likeness (QED) is 0.737. The van der Waals surface area contributed by atoms with Crippen LogP contribution in [0.4, 0.5) is 0 Å². The Balaban J connectivity index is 2.51. The van der Waals surface area contributed by atoms with Crippen molar-refractivity contribution in [3.8, 4) is 0 Å². The number of hydrogen-bond acceptors (Lipinski definition) is 3. The van der Waals surface area contributed by atoms with Gasteiger partial charge in [0.2, 0.25) is 11.5 Å². The maximum atomic E-state index is 12.7. The van der Waals surface area contributed by atoms with Gasteiger partial charge in [0.15, 0.2) is 0 Å². The number of nitrogens with zero attached hydrogens (tertiary/aromatic N) is 3. The summed E-state index contributed by atoms with van der Waals surface area (Å²) in [5.74, 6) is 1.51. The fourth-order valence-electron chi connectivity index (χ4n) is 2.52. The Kier molecular flexibility index (Phi) is 3.81. The Morgan fingerprint density at radius 3 is 2.70 bits per heavy atom. The summed E-state index contributed by atoms with van der Waals surface area (Å²) in [4.78, 5) is 19.0. The molecule has 0 bridgehead atoms. The van der Waals surface area contributed by atoms with Crippen molar-refractivity contribution >= 4 is 11.7 Å². The van der Waals surface area contributed by atoms with Gasteiger partial charge >= 0.3 is 5.91 Å². The molecule has 0 aromatic rings. The van der Waals surface area contributed by atoms with Crippen LogP contribution in [0.15, 0.2) is 40.5 Å². The average molecular weight is 276 g/mol. The van der Waals surface area contributed by atoms with E-state index in [0.717, 1.165) is 18.0 Å². The molecule has 0 fully saturated rings. The number of hydrogen-bond donors (Lipinski definition) is 0. The van der Waals surface area contributed by atoms with E-state index in [9.17, 15) is 4.79 Å². The van der Waals surface area contributed by atoms with Crippen LogP contribution in [0, 0.1) is 0 Å². The van der Waals surface area contributed by atoms with E-state index in [0.29, 0.717) is 18.0 Å². The van der Waals surface area contributed by atoms with E-state index in [1.54, 1.807) is 12.0 Å². The molecule has 0 aromatic carbocycles. The number of likely N-dealkylation sites (N-methyl/N-ethyl adjacent to an activating group) is 2.